The molecule has 0 heterocycles. The Labute approximate surface area is 127 Å². The topological polar surface area (TPSA) is 0 Å². The zero-order valence-corrected chi connectivity index (χ0v) is 13.3. The molecule has 106 valence electrons. The summed E-state index contributed by atoms with van der Waals surface area (Å²) in [5.74, 6) is 2.14. The van der Waals surface area contributed by atoms with Crippen LogP contribution in [0.2, 0.25) is 0 Å². The minimum atomic E-state index is -0.0446. The van der Waals surface area contributed by atoms with Crippen molar-refractivity contribution < 1.29 is 0 Å². The van der Waals surface area contributed by atoms with Gasteiger partial charge in [0.15, 0.2) is 0 Å². The fourth-order valence-corrected chi connectivity index (χ4v) is 4.24. The lowest BCUT2D eigenvalue weighted by atomic mass is 9.76. The molecule has 0 unspecified atom stereocenters. The molecule has 0 saturated heterocycles. The summed E-state index contributed by atoms with van der Waals surface area (Å²) in [7, 11) is 0. The third-order valence-corrected chi connectivity index (χ3v) is 5.76. The van der Waals surface area contributed by atoms with Gasteiger partial charge in [-0.3, -0.25) is 0 Å². The molecule has 2 rings (SSSR count). The second kappa shape index (κ2) is 6.99. The lowest BCUT2D eigenvalue weighted by molar-refractivity contribution is 0.393. The summed E-state index contributed by atoms with van der Waals surface area (Å²) in [6.07, 6.45) is 8.00. The third-order valence-electron chi connectivity index (χ3n) is 4.73. The third kappa shape index (κ3) is 3.47. The average molecular weight is 299 g/mol. The standard InChI is InChI=1S/C17H24Cl2/c1-14-6-2-5-9-16(14)17(12-18,13-19)11-10-15-7-3-4-8-15/h2,5-6,9,15H,3-4,7-8,10-13H2,1H3. The average Bonchev–Trinajstić information content (AvgIpc) is 2.95. The predicted octanol–water partition coefficient (Wildman–Crippen LogP) is 5.68. The van der Waals surface area contributed by atoms with Gasteiger partial charge in [0, 0.05) is 17.2 Å². The fourth-order valence-electron chi connectivity index (χ4n) is 3.40. The van der Waals surface area contributed by atoms with Gasteiger partial charge in [-0.1, -0.05) is 49.9 Å². The lowest BCUT2D eigenvalue weighted by Crippen LogP contribution is -2.32. The Hall–Kier alpha value is -0.200. The number of alkyl halides is 2. The van der Waals surface area contributed by atoms with E-state index in [4.69, 9.17) is 23.2 Å². The van der Waals surface area contributed by atoms with Crippen LogP contribution in [-0.4, -0.2) is 11.8 Å². The Morgan fingerprint density at radius 3 is 2.32 bits per heavy atom. The van der Waals surface area contributed by atoms with Crippen molar-refractivity contribution in [1.82, 2.24) is 0 Å². The van der Waals surface area contributed by atoms with Gasteiger partial charge in [0.2, 0.25) is 0 Å². The van der Waals surface area contributed by atoms with E-state index in [1.807, 2.05) is 0 Å². The molecule has 0 aliphatic heterocycles. The highest BCUT2D eigenvalue weighted by Gasteiger charge is 2.32. The van der Waals surface area contributed by atoms with Crippen LogP contribution in [0.15, 0.2) is 24.3 Å². The summed E-state index contributed by atoms with van der Waals surface area (Å²) in [5.41, 5.74) is 2.62. The van der Waals surface area contributed by atoms with Crippen molar-refractivity contribution in [3.63, 3.8) is 0 Å². The van der Waals surface area contributed by atoms with Gasteiger partial charge < -0.3 is 0 Å². The Morgan fingerprint density at radius 1 is 1.11 bits per heavy atom. The van der Waals surface area contributed by atoms with E-state index in [1.54, 1.807) is 0 Å². The van der Waals surface area contributed by atoms with Gasteiger partial charge in [-0.2, -0.15) is 0 Å². The highest BCUT2D eigenvalue weighted by molar-refractivity contribution is 6.22. The van der Waals surface area contributed by atoms with Crippen molar-refractivity contribution in [2.24, 2.45) is 5.92 Å². The van der Waals surface area contributed by atoms with Gasteiger partial charge in [0.25, 0.3) is 0 Å². The maximum atomic E-state index is 6.33. The van der Waals surface area contributed by atoms with E-state index in [-0.39, 0.29) is 5.41 Å². The van der Waals surface area contributed by atoms with Crippen LogP contribution in [0.3, 0.4) is 0 Å². The van der Waals surface area contributed by atoms with Crippen molar-refractivity contribution in [1.29, 1.82) is 0 Å². The molecule has 0 amide bonds. The molecule has 1 aliphatic carbocycles. The van der Waals surface area contributed by atoms with Gasteiger partial charge in [-0.15, -0.1) is 23.2 Å². The van der Waals surface area contributed by atoms with Crippen molar-refractivity contribution >= 4 is 23.2 Å². The van der Waals surface area contributed by atoms with E-state index >= 15 is 0 Å². The van der Waals surface area contributed by atoms with Gasteiger partial charge >= 0.3 is 0 Å². The number of hydrogen-bond acceptors (Lipinski definition) is 0. The zero-order chi connectivity index (χ0) is 13.7. The summed E-state index contributed by atoms with van der Waals surface area (Å²) in [6, 6.07) is 8.56. The molecule has 0 bridgehead atoms. The maximum Gasteiger partial charge on any atom is 0.0332 e. The van der Waals surface area contributed by atoms with Crippen molar-refractivity contribution in [3.05, 3.63) is 35.4 Å². The van der Waals surface area contributed by atoms with Crippen LogP contribution in [0.4, 0.5) is 0 Å². The highest BCUT2D eigenvalue weighted by atomic mass is 35.5. The molecular weight excluding hydrogens is 275 g/mol. The summed E-state index contributed by atoms with van der Waals surface area (Å²) >= 11 is 12.7. The highest BCUT2D eigenvalue weighted by Crippen LogP contribution is 2.38. The molecule has 0 radical (unpaired) electrons. The largest absolute Gasteiger partial charge is 0.126 e. The zero-order valence-electron chi connectivity index (χ0n) is 11.8. The van der Waals surface area contributed by atoms with E-state index in [0.717, 1.165) is 12.3 Å². The van der Waals surface area contributed by atoms with Crippen LogP contribution in [0.5, 0.6) is 0 Å². The fraction of sp³-hybridized carbons (Fsp3) is 0.647. The Morgan fingerprint density at radius 2 is 1.74 bits per heavy atom. The maximum absolute atomic E-state index is 6.33. The molecule has 1 saturated carbocycles. The summed E-state index contributed by atoms with van der Waals surface area (Å²) in [4.78, 5) is 0. The molecule has 2 heteroatoms. The predicted molar refractivity (Wildman–Crippen MR) is 85.5 cm³/mol. The first-order valence-electron chi connectivity index (χ1n) is 7.40. The molecule has 0 atom stereocenters. The minimum Gasteiger partial charge on any atom is -0.126 e. The van der Waals surface area contributed by atoms with Crippen LogP contribution < -0.4 is 0 Å². The molecule has 0 nitrogen and oxygen atoms in total. The molecule has 1 fully saturated rings. The molecule has 1 aliphatic rings. The summed E-state index contributed by atoms with van der Waals surface area (Å²) in [5, 5.41) is 0. The van der Waals surface area contributed by atoms with Gasteiger partial charge in [0.1, 0.15) is 0 Å². The second-order valence-electron chi connectivity index (χ2n) is 6.05. The molecule has 0 spiro atoms. The van der Waals surface area contributed by atoms with E-state index < -0.39 is 0 Å². The number of hydrogen-bond donors (Lipinski definition) is 0. The van der Waals surface area contributed by atoms with E-state index in [2.05, 4.69) is 31.2 Å². The van der Waals surface area contributed by atoms with Crippen LogP contribution in [-0.2, 0) is 5.41 Å². The number of halogens is 2. The first-order chi connectivity index (χ1) is 9.22. The molecule has 19 heavy (non-hydrogen) atoms. The Balaban J connectivity index is 2.14. The number of aryl methyl sites for hydroxylation is 1. The Bertz CT molecular complexity index is 390. The van der Waals surface area contributed by atoms with Crippen molar-refractivity contribution in [3.8, 4) is 0 Å². The Kier molecular flexibility index (Phi) is 5.59. The quantitative estimate of drug-likeness (QED) is 0.593. The monoisotopic (exact) mass is 298 g/mol. The van der Waals surface area contributed by atoms with E-state index in [0.29, 0.717) is 11.8 Å². The first-order valence-corrected chi connectivity index (χ1v) is 8.47. The van der Waals surface area contributed by atoms with E-state index in [9.17, 15) is 0 Å². The molecule has 0 N–H and O–H groups in total. The van der Waals surface area contributed by atoms with Crippen LogP contribution in [0, 0.1) is 12.8 Å². The van der Waals surface area contributed by atoms with Crippen molar-refractivity contribution in [2.45, 2.75) is 50.9 Å². The van der Waals surface area contributed by atoms with Crippen LogP contribution >= 0.6 is 23.2 Å². The molecular formula is C17H24Cl2. The normalized spacial score (nSPS) is 17.0. The van der Waals surface area contributed by atoms with Gasteiger partial charge in [-0.25, -0.2) is 0 Å². The van der Waals surface area contributed by atoms with Crippen LogP contribution in [0.1, 0.15) is 49.7 Å². The number of rotatable bonds is 6. The van der Waals surface area contributed by atoms with Crippen LogP contribution in [0.25, 0.3) is 0 Å². The minimum absolute atomic E-state index is 0.0446. The first kappa shape index (κ1) is 15.2. The SMILES string of the molecule is Cc1ccccc1C(CCl)(CCl)CCC1CCCC1. The lowest BCUT2D eigenvalue weighted by Gasteiger charge is -2.32. The summed E-state index contributed by atoms with van der Waals surface area (Å²) in [6.45, 7) is 2.17. The van der Waals surface area contributed by atoms with Gasteiger partial charge in [0.05, 0.1) is 0 Å². The summed E-state index contributed by atoms with van der Waals surface area (Å²) < 4.78 is 0. The van der Waals surface area contributed by atoms with E-state index in [1.165, 1.54) is 43.2 Å². The molecule has 1 aromatic rings. The molecule has 0 aromatic heterocycles. The van der Waals surface area contributed by atoms with Crippen molar-refractivity contribution in [2.75, 3.05) is 11.8 Å². The number of benzene rings is 1. The van der Waals surface area contributed by atoms with Gasteiger partial charge in [-0.05, 0) is 36.8 Å². The molecule has 1 aromatic carbocycles. The smallest absolute Gasteiger partial charge is 0.0332 e. The second-order valence-corrected chi connectivity index (χ2v) is 6.59.